The number of nitrogens with zero attached hydrogens (tertiary/aromatic N) is 4. The molecule has 0 radical (unpaired) electrons. The number of ether oxygens (including phenoxy) is 1. The molecule has 2 rings (SSSR count). The van der Waals surface area contributed by atoms with E-state index in [1.54, 1.807) is 37.2 Å². The highest BCUT2D eigenvalue weighted by Gasteiger charge is 2.05. The molecule has 0 fully saturated rings. The fraction of sp³-hybridized carbons (Fsp3) is 0.300. The van der Waals surface area contributed by atoms with Gasteiger partial charge in [0.2, 0.25) is 0 Å². The van der Waals surface area contributed by atoms with Crippen LogP contribution in [0.5, 0.6) is 11.8 Å². The van der Waals surface area contributed by atoms with Gasteiger partial charge in [0.05, 0.1) is 24.7 Å². The van der Waals surface area contributed by atoms with E-state index in [1.165, 1.54) is 0 Å². The van der Waals surface area contributed by atoms with E-state index >= 15 is 0 Å². The summed E-state index contributed by atoms with van der Waals surface area (Å²) in [5.41, 5.74) is 1.40. The molecule has 84 valence electrons. The summed E-state index contributed by atoms with van der Waals surface area (Å²) in [4.78, 5) is 8.10. The third kappa shape index (κ3) is 2.17. The lowest BCUT2D eigenvalue weighted by Crippen LogP contribution is -1.98. The van der Waals surface area contributed by atoms with E-state index in [9.17, 15) is 0 Å². The van der Waals surface area contributed by atoms with Gasteiger partial charge in [-0.25, -0.2) is 4.98 Å². The Morgan fingerprint density at radius 2 is 2.25 bits per heavy atom. The first-order valence-electron chi connectivity index (χ1n) is 4.79. The quantitative estimate of drug-likeness (QED) is 0.828. The largest absolute Gasteiger partial charge is 0.421 e. The minimum absolute atomic E-state index is 0.0704. The van der Waals surface area contributed by atoms with Crippen LogP contribution in [-0.4, -0.2) is 24.9 Å². The van der Waals surface area contributed by atoms with Crippen molar-refractivity contribution < 1.29 is 9.84 Å². The highest BCUT2D eigenvalue weighted by molar-refractivity contribution is 5.21. The number of hydrogen-bond donors (Lipinski definition) is 1. The van der Waals surface area contributed by atoms with Crippen LogP contribution in [0.4, 0.5) is 0 Å². The minimum Gasteiger partial charge on any atom is -0.421 e. The molecule has 6 heteroatoms. The number of aryl methyl sites for hydroxylation is 2. The molecule has 0 unspecified atom stereocenters. The number of rotatable bonds is 3. The van der Waals surface area contributed by atoms with Crippen LogP contribution in [0.2, 0.25) is 0 Å². The summed E-state index contributed by atoms with van der Waals surface area (Å²) in [6.45, 7) is 1.72. The Morgan fingerprint density at radius 3 is 2.81 bits per heavy atom. The van der Waals surface area contributed by atoms with Crippen molar-refractivity contribution in [1.82, 2.24) is 19.7 Å². The van der Waals surface area contributed by atoms with Gasteiger partial charge in [-0.1, -0.05) is 0 Å². The Morgan fingerprint density at radius 1 is 1.44 bits per heavy atom. The predicted octanol–water partition coefficient (Wildman–Crippen LogP) is 0.803. The van der Waals surface area contributed by atoms with E-state index in [0.717, 1.165) is 0 Å². The molecule has 0 saturated heterocycles. The maximum Gasteiger partial charge on any atom is 0.322 e. The van der Waals surface area contributed by atoms with Crippen LogP contribution in [0, 0.1) is 6.92 Å². The van der Waals surface area contributed by atoms with E-state index in [-0.39, 0.29) is 12.6 Å². The fourth-order valence-electron chi connectivity index (χ4n) is 1.23. The van der Waals surface area contributed by atoms with Gasteiger partial charge in [-0.2, -0.15) is 10.1 Å². The van der Waals surface area contributed by atoms with Gasteiger partial charge >= 0.3 is 6.01 Å². The van der Waals surface area contributed by atoms with Crippen molar-refractivity contribution in [3.63, 3.8) is 0 Å². The Labute approximate surface area is 92.5 Å². The Balaban J connectivity index is 2.19. The Bertz CT molecular complexity index is 495. The standard InChI is InChI=1S/C10H12N4O2/c1-7-8(6-15)3-11-10(13-7)16-9-4-12-14(2)5-9/h3-5,15H,6H2,1-2H3. The zero-order chi connectivity index (χ0) is 11.5. The summed E-state index contributed by atoms with van der Waals surface area (Å²) < 4.78 is 7.02. The van der Waals surface area contributed by atoms with Crippen LogP contribution in [0.3, 0.4) is 0 Å². The summed E-state index contributed by atoms with van der Waals surface area (Å²) in [7, 11) is 1.80. The van der Waals surface area contributed by atoms with Crippen LogP contribution >= 0.6 is 0 Å². The van der Waals surface area contributed by atoms with E-state index < -0.39 is 0 Å². The molecule has 1 N–H and O–H groups in total. The van der Waals surface area contributed by atoms with E-state index in [2.05, 4.69) is 15.1 Å². The first-order chi connectivity index (χ1) is 7.69. The van der Waals surface area contributed by atoms with Gasteiger partial charge in [-0.15, -0.1) is 0 Å². The SMILES string of the molecule is Cc1nc(Oc2cnn(C)c2)ncc1CO. The lowest BCUT2D eigenvalue weighted by molar-refractivity contribution is 0.279. The van der Waals surface area contributed by atoms with Crippen molar-refractivity contribution in [2.75, 3.05) is 0 Å². The molecule has 2 heterocycles. The first kappa shape index (κ1) is 10.6. The van der Waals surface area contributed by atoms with Crippen LogP contribution in [-0.2, 0) is 13.7 Å². The normalized spacial score (nSPS) is 10.4. The van der Waals surface area contributed by atoms with Gasteiger partial charge in [0.25, 0.3) is 0 Å². The second-order valence-electron chi connectivity index (χ2n) is 3.37. The zero-order valence-electron chi connectivity index (χ0n) is 9.08. The van der Waals surface area contributed by atoms with Gasteiger partial charge in [0.1, 0.15) is 0 Å². The van der Waals surface area contributed by atoms with Crippen molar-refractivity contribution in [3.8, 4) is 11.8 Å². The van der Waals surface area contributed by atoms with Gasteiger partial charge < -0.3 is 9.84 Å². The predicted molar refractivity (Wildman–Crippen MR) is 56.0 cm³/mol. The average Bonchev–Trinajstić information content (AvgIpc) is 2.64. The fourth-order valence-corrected chi connectivity index (χ4v) is 1.23. The molecule has 0 spiro atoms. The number of aliphatic hydroxyl groups excluding tert-OH is 1. The van der Waals surface area contributed by atoms with E-state index in [4.69, 9.17) is 9.84 Å². The third-order valence-corrected chi connectivity index (χ3v) is 2.12. The molecule has 0 atom stereocenters. The topological polar surface area (TPSA) is 73.1 Å². The Kier molecular flexibility index (Phi) is 2.82. The van der Waals surface area contributed by atoms with Crippen molar-refractivity contribution in [1.29, 1.82) is 0 Å². The van der Waals surface area contributed by atoms with Crippen LogP contribution in [0.1, 0.15) is 11.3 Å². The molecule has 2 aromatic rings. The number of aliphatic hydroxyl groups is 1. The first-order valence-corrected chi connectivity index (χ1v) is 4.79. The van der Waals surface area contributed by atoms with Crippen LogP contribution in [0.25, 0.3) is 0 Å². The number of hydrogen-bond acceptors (Lipinski definition) is 5. The van der Waals surface area contributed by atoms with E-state index in [0.29, 0.717) is 17.0 Å². The van der Waals surface area contributed by atoms with Crippen molar-refractivity contribution >= 4 is 0 Å². The van der Waals surface area contributed by atoms with Gasteiger partial charge in [0, 0.05) is 18.8 Å². The third-order valence-electron chi connectivity index (χ3n) is 2.12. The van der Waals surface area contributed by atoms with Crippen LogP contribution < -0.4 is 4.74 Å². The lowest BCUT2D eigenvalue weighted by atomic mass is 10.3. The molecule has 0 aliphatic rings. The maximum absolute atomic E-state index is 8.97. The molecule has 16 heavy (non-hydrogen) atoms. The average molecular weight is 220 g/mol. The summed E-state index contributed by atoms with van der Waals surface area (Å²) in [5, 5.41) is 12.9. The van der Waals surface area contributed by atoms with Gasteiger partial charge in [0.15, 0.2) is 5.75 Å². The van der Waals surface area contributed by atoms with Gasteiger partial charge in [-0.3, -0.25) is 4.68 Å². The summed E-state index contributed by atoms with van der Waals surface area (Å²) in [6.07, 6.45) is 4.85. The summed E-state index contributed by atoms with van der Waals surface area (Å²) >= 11 is 0. The lowest BCUT2D eigenvalue weighted by Gasteiger charge is -2.04. The van der Waals surface area contributed by atoms with Crippen molar-refractivity contribution in [2.45, 2.75) is 13.5 Å². The maximum atomic E-state index is 8.97. The molecule has 6 nitrogen and oxygen atoms in total. The Hall–Kier alpha value is -1.95. The molecular formula is C10H12N4O2. The van der Waals surface area contributed by atoms with Gasteiger partial charge in [-0.05, 0) is 6.92 Å². The number of aromatic nitrogens is 4. The molecule has 0 aliphatic carbocycles. The molecule has 0 aliphatic heterocycles. The van der Waals surface area contributed by atoms with Crippen molar-refractivity contribution in [3.05, 3.63) is 29.8 Å². The molecular weight excluding hydrogens is 208 g/mol. The molecule has 0 aromatic carbocycles. The minimum atomic E-state index is -0.0704. The molecule has 2 aromatic heterocycles. The molecule has 0 amide bonds. The highest BCUT2D eigenvalue weighted by atomic mass is 16.5. The smallest absolute Gasteiger partial charge is 0.322 e. The monoisotopic (exact) mass is 220 g/mol. The van der Waals surface area contributed by atoms with Crippen molar-refractivity contribution in [2.24, 2.45) is 7.05 Å². The molecule has 0 saturated carbocycles. The second kappa shape index (κ2) is 4.28. The second-order valence-corrected chi connectivity index (χ2v) is 3.37. The molecule has 0 bridgehead atoms. The highest BCUT2D eigenvalue weighted by Crippen LogP contribution is 2.17. The summed E-state index contributed by atoms with van der Waals surface area (Å²) in [5.74, 6) is 0.582. The van der Waals surface area contributed by atoms with E-state index in [1.807, 2.05) is 0 Å². The van der Waals surface area contributed by atoms with Crippen LogP contribution in [0.15, 0.2) is 18.6 Å². The zero-order valence-corrected chi connectivity index (χ0v) is 9.08. The summed E-state index contributed by atoms with van der Waals surface area (Å²) in [6, 6.07) is 0.252.